The molecule has 0 unspecified atom stereocenters. The molecule has 1 aromatic heterocycles. The first kappa shape index (κ1) is 15.0. The fourth-order valence-electron chi connectivity index (χ4n) is 2.19. The molecule has 0 bridgehead atoms. The number of benzene rings is 1. The Labute approximate surface area is 138 Å². The molecule has 1 aromatic carbocycles. The largest absolute Gasteiger partial charge is 0.370 e. The molecule has 3 nitrogen and oxygen atoms in total. The van der Waals surface area contributed by atoms with Gasteiger partial charge in [-0.2, -0.15) is 11.8 Å². The van der Waals surface area contributed by atoms with Crippen molar-refractivity contribution >= 4 is 40.9 Å². The molecule has 0 saturated carbocycles. The third kappa shape index (κ3) is 3.65. The van der Waals surface area contributed by atoms with E-state index in [1.807, 2.05) is 30.0 Å². The van der Waals surface area contributed by atoms with Crippen LogP contribution in [-0.4, -0.2) is 16.5 Å². The first-order valence-electron chi connectivity index (χ1n) is 6.85. The molecule has 6 heteroatoms. The van der Waals surface area contributed by atoms with Crippen LogP contribution in [-0.2, 0) is 17.3 Å². The minimum atomic E-state index is 0.761. The Kier molecular flexibility index (Phi) is 4.93. The Bertz CT molecular complexity index is 649. The Morgan fingerprint density at radius 1 is 1.33 bits per heavy atom. The van der Waals surface area contributed by atoms with Crippen molar-refractivity contribution in [2.75, 3.05) is 11.9 Å². The number of rotatable bonds is 5. The molecule has 1 aliphatic heterocycles. The number of fused-ring (bicyclic) bond motifs is 1. The molecule has 0 radical (unpaired) electrons. The third-order valence-electron chi connectivity index (χ3n) is 3.13. The Balaban J connectivity index is 1.78. The molecule has 0 spiro atoms. The summed E-state index contributed by atoms with van der Waals surface area (Å²) in [6, 6.07) is 7.89. The topological polar surface area (TPSA) is 37.8 Å². The van der Waals surface area contributed by atoms with E-state index >= 15 is 0 Å². The minimum Gasteiger partial charge on any atom is -0.370 e. The van der Waals surface area contributed by atoms with Crippen LogP contribution in [0.3, 0.4) is 0 Å². The van der Waals surface area contributed by atoms with Gasteiger partial charge in [-0.15, -0.1) is 11.8 Å². The fourth-order valence-corrected chi connectivity index (χ4v) is 4.29. The summed E-state index contributed by atoms with van der Waals surface area (Å²) in [7, 11) is 0. The van der Waals surface area contributed by atoms with E-state index in [0.717, 1.165) is 45.4 Å². The SMILES string of the molecule is CCNc1nc(CSc2cccc(Cl)c2)nc2c1CSC2. The van der Waals surface area contributed by atoms with Crippen molar-refractivity contribution in [3.05, 3.63) is 46.4 Å². The molecule has 3 rings (SSSR count). The molecule has 0 saturated heterocycles. The summed E-state index contributed by atoms with van der Waals surface area (Å²) in [5.74, 6) is 4.66. The Morgan fingerprint density at radius 2 is 2.24 bits per heavy atom. The quantitative estimate of drug-likeness (QED) is 0.807. The number of anilines is 1. The van der Waals surface area contributed by atoms with Gasteiger partial charge in [-0.25, -0.2) is 9.97 Å². The molecular weight excluding hydrogens is 322 g/mol. The zero-order valence-electron chi connectivity index (χ0n) is 11.7. The van der Waals surface area contributed by atoms with Crippen molar-refractivity contribution in [3.63, 3.8) is 0 Å². The third-order valence-corrected chi connectivity index (χ3v) is 5.33. The fraction of sp³-hybridized carbons (Fsp3) is 0.333. The van der Waals surface area contributed by atoms with E-state index in [1.54, 1.807) is 11.8 Å². The lowest BCUT2D eigenvalue weighted by Gasteiger charge is -2.10. The highest BCUT2D eigenvalue weighted by molar-refractivity contribution is 7.98. The number of nitrogens with zero attached hydrogens (tertiary/aromatic N) is 2. The number of hydrogen-bond donors (Lipinski definition) is 1. The first-order valence-corrected chi connectivity index (χ1v) is 9.36. The summed E-state index contributed by atoms with van der Waals surface area (Å²) in [5, 5.41) is 4.12. The lowest BCUT2D eigenvalue weighted by atomic mass is 10.2. The van der Waals surface area contributed by atoms with Gasteiger partial charge in [0.1, 0.15) is 11.6 Å². The number of hydrogen-bond acceptors (Lipinski definition) is 5. The lowest BCUT2D eigenvalue weighted by molar-refractivity contribution is 0.965. The molecule has 1 N–H and O–H groups in total. The Hall–Kier alpha value is -0.910. The van der Waals surface area contributed by atoms with Gasteiger partial charge >= 0.3 is 0 Å². The minimum absolute atomic E-state index is 0.761. The number of halogens is 1. The maximum atomic E-state index is 6.01. The molecule has 0 amide bonds. The molecule has 0 fully saturated rings. The summed E-state index contributed by atoms with van der Waals surface area (Å²) in [6.07, 6.45) is 0. The van der Waals surface area contributed by atoms with Crippen LogP contribution in [0.15, 0.2) is 29.2 Å². The van der Waals surface area contributed by atoms with Crippen LogP contribution in [0.4, 0.5) is 5.82 Å². The average molecular weight is 338 g/mol. The van der Waals surface area contributed by atoms with Crippen LogP contribution in [0.5, 0.6) is 0 Å². The number of aromatic nitrogens is 2. The second kappa shape index (κ2) is 6.90. The van der Waals surface area contributed by atoms with E-state index in [2.05, 4.69) is 23.3 Å². The molecule has 1 aliphatic rings. The van der Waals surface area contributed by atoms with Gasteiger partial charge in [0.05, 0.1) is 11.4 Å². The standard InChI is InChI=1S/C15H16ClN3S2/c1-2-17-15-12-7-20-8-13(12)18-14(19-15)9-21-11-5-3-4-10(16)6-11/h3-6H,2,7-9H2,1H3,(H,17,18,19). The van der Waals surface area contributed by atoms with Gasteiger partial charge in [0.25, 0.3) is 0 Å². The molecule has 110 valence electrons. The molecule has 2 heterocycles. The maximum Gasteiger partial charge on any atom is 0.141 e. The van der Waals surface area contributed by atoms with E-state index in [4.69, 9.17) is 16.6 Å². The number of nitrogens with one attached hydrogen (secondary N) is 1. The second-order valence-corrected chi connectivity index (χ2v) is 7.15. The number of thioether (sulfide) groups is 2. The molecule has 0 aliphatic carbocycles. The molecular formula is C15H16ClN3S2. The zero-order chi connectivity index (χ0) is 14.7. The van der Waals surface area contributed by atoms with E-state index in [9.17, 15) is 0 Å². The van der Waals surface area contributed by atoms with Crippen LogP contribution >= 0.6 is 35.1 Å². The maximum absolute atomic E-state index is 6.01. The van der Waals surface area contributed by atoms with Gasteiger partial charge in [-0.05, 0) is 25.1 Å². The van der Waals surface area contributed by atoms with Crippen molar-refractivity contribution < 1.29 is 0 Å². The zero-order valence-corrected chi connectivity index (χ0v) is 14.1. The summed E-state index contributed by atoms with van der Waals surface area (Å²) in [5.41, 5.74) is 2.46. The van der Waals surface area contributed by atoms with E-state index in [-0.39, 0.29) is 0 Å². The van der Waals surface area contributed by atoms with Gasteiger partial charge in [0, 0.05) is 33.5 Å². The lowest BCUT2D eigenvalue weighted by Crippen LogP contribution is -2.08. The summed E-state index contributed by atoms with van der Waals surface area (Å²) >= 11 is 9.63. The second-order valence-electron chi connectivity index (χ2n) is 4.68. The van der Waals surface area contributed by atoms with Crippen LogP contribution in [0.1, 0.15) is 24.0 Å². The summed E-state index contributed by atoms with van der Waals surface area (Å²) in [6.45, 7) is 2.98. The van der Waals surface area contributed by atoms with Crippen molar-refractivity contribution in [1.29, 1.82) is 0 Å². The van der Waals surface area contributed by atoms with Crippen LogP contribution in [0.2, 0.25) is 5.02 Å². The highest BCUT2D eigenvalue weighted by atomic mass is 35.5. The van der Waals surface area contributed by atoms with E-state index in [1.165, 1.54) is 11.3 Å². The average Bonchev–Trinajstić information content (AvgIpc) is 2.94. The van der Waals surface area contributed by atoms with Gasteiger partial charge in [0.15, 0.2) is 0 Å². The van der Waals surface area contributed by atoms with Gasteiger partial charge in [-0.3, -0.25) is 0 Å². The van der Waals surface area contributed by atoms with E-state index in [0.29, 0.717) is 0 Å². The van der Waals surface area contributed by atoms with Crippen LogP contribution in [0, 0.1) is 0 Å². The van der Waals surface area contributed by atoms with Gasteiger partial charge in [-0.1, -0.05) is 17.7 Å². The molecule has 21 heavy (non-hydrogen) atoms. The predicted octanol–water partition coefficient (Wildman–Crippen LogP) is 4.60. The monoisotopic (exact) mass is 337 g/mol. The predicted molar refractivity (Wildman–Crippen MR) is 92.2 cm³/mol. The first-order chi connectivity index (χ1) is 10.3. The van der Waals surface area contributed by atoms with Crippen molar-refractivity contribution in [2.45, 2.75) is 29.1 Å². The molecule has 2 aromatic rings. The van der Waals surface area contributed by atoms with Crippen molar-refractivity contribution in [1.82, 2.24) is 9.97 Å². The van der Waals surface area contributed by atoms with Crippen molar-refractivity contribution in [3.8, 4) is 0 Å². The van der Waals surface area contributed by atoms with Crippen molar-refractivity contribution in [2.24, 2.45) is 0 Å². The smallest absolute Gasteiger partial charge is 0.141 e. The van der Waals surface area contributed by atoms with Gasteiger partial charge in [0.2, 0.25) is 0 Å². The normalized spacial score (nSPS) is 13.2. The highest BCUT2D eigenvalue weighted by Gasteiger charge is 2.19. The van der Waals surface area contributed by atoms with Crippen LogP contribution < -0.4 is 5.32 Å². The summed E-state index contributed by atoms with van der Waals surface area (Å²) in [4.78, 5) is 10.5. The Morgan fingerprint density at radius 3 is 3.05 bits per heavy atom. The van der Waals surface area contributed by atoms with Gasteiger partial charge < -0.3 is 5.32 Å². The molecule has 0 atom stereocenters. The van der Waals surface area contributed by atoms with E-state index < -0.39 is 0 Å². The van der Waals surface area contributed by atoms with Crippen LogP contribution in [0.25, 0.3) is 0 Å². The summed E-state index contributed by atoms with van der Waals surface area (Å²) < 4.78 is 0. The highest BCUT2D eigenvalue weighted by Crippen LogP contribution is 2.33.